The molecule has 27 heavy (non-hydrogen) atoms. The first kappa shape index (κ1) is 17.8. The quantitative estimate of drug-likeness (QED) is 0.515. The second-order valence-corrected chi connectivity index (χ2v) is 7.97. The molecule has 1 N–H and O–H groups in total. The Morgan fingerprint density at radius 1 is 1.22 bits per heavy atom. The standard InChI is InChI=1S/C20H16N2O3S2/c1-10-4-12(5-11(2)17(10)24-3)15-9-21-8-13-6-14(25-18(13)15)7-16-19(23)22-20(26)27-16/h4-9H,1-3H3,(H,22,23,26)/b16-7-. The van der Waals surface area contributed by atoms with Crippen molar-refractivity contribution < 1.29 is 13.9 Å². The number of amides is 1. The molecule has 0 unspecified atom stereocenters. The molecule has 0 aliphatic carbocycles. The molecule has 0 saturated carbocycles. The first-order chi connectivity index (χ1) is 13.0. The molecule has 1 aromatic carbocycles. The first-order valence-corrected chi connectivity index (χ1v) is 9.47. The summed E-state index contributed by atoms with van der Waals surface area (Å²) < 4.78 is 12.0. The third-order valence-corrected chi connectivity index (χ3v) is 5.50. The molecule has 0 atom stereocenters. The number of carbonyl (C=O) groups is 1. The van der Waals surface area contributed by atoms with Gasteiger partial charge in [0.2, 0.25) is 0 Å². The highest BCUT2D eigenvalue weighted by Gasteiger charge is 2.23. The van der Waals surface area contributed by atoms with E-state index in [1.54, 1.807) is 25.6 Å². The van der Waals surface area contributed by atoms with E-state index in [0.717, 1.165) is 39.0 Å². The Kier molecular flexibility index (Phi) is 4.49. The molecular weight excluding hydrogens is 380 g/mol. The predicted molar refractivity (Wildman–Crippen MR) is 112 cm³/mol. The van der Waals surface area contributed by atoms with Gasteiger partial charge < -0.3 is 14.5 Å². The number of rotatable bonds is 3. The number of ether oxygens (including phenoxy) is 1. The third-order valence-electron chi connectivity index (χ3n) is 4.33. The number of methoxy groups -OCH3 is 1. The van der Waals surface area contributed by atoms with Gasteiger partial charge in [-0.1, -0.05) is 24.0 Å². The lowest BCUT2D eigenvalue weighted by Crippen LogP contribution is -2.17. The van der Waals surface area contributed by atoms with Gasteiger partial charge in [0.1, 0.15) is 21.4 Å². The van der Waals surface area contributed by atoms with E-state index in [0.29, 0.717) is 15.0 Å². The van der Waals surface area contributed by atoms with Crippen molar-refractivity contribution in [3.8, 4) is 16.9 Å². The average Bonchev–Trinajstić information content (AvgIpc) is 3.16. The van der Waals surface area contributed by atoms with Crippen molar-refractivity contribution in [2.24, 2.45) is 0 Å². The second kappa shape index (κ2) is 6.83. The number of pyridine rings is 1. The summed E-state index contributed by atoms with van der Waals surface area (Å²) in [6.45, 7) is 4.03. The van der Waals surface area contributed by atoms with E-state index in [9.17, 15) is 4.79 Å². The zero-order valence-corrected chi connectivity index (χ0v) is 16.6. The van der Waals surface area contributed by atoms with Crippen molar-refractivity contribution >= 4 is 51.3 Å². The van der Waals surface area contributed by atoms with Gasteiger partial charge in [-0.2, -0.15) is 0 Å². The number of aromatic nitrogens is 1. The van der Waals surface area contributed by atoms with Crippen LogP contribution in [0.1, 0.15) is 16.9 Å². The van der Waals surface area contributed by atoms with Crippen molar-refractivity contribution in [3.05, 3.63) is 52.4 Å². The van der Waals surface area contributed by atoms with Crippen LogP contribution in [0.3, 0.4) is 0 Å². The molecule has 1 saturated heterocycles. The number of furan rings is 1. The predicted octanol–water partition coefficient (Wildman–Crippen LogP) is 4.61. The third kappa shape index (κ3) is 3.24. The molecule has 3 heterocycles. The van der Waals surface area contributed by atoms with E-state index in [4.69, 9.17) is 21.4 Å². The van der Waals surface area contributed by atoms with Gasteiger partial charge in [-0.3, -0.25) is 9.78 Å². The molecule has 1 amide bonds. The van der Waals surface area contributed by atoms with Crippen LogP contribution < -0.4 is 10.1 Å². The molecule has 7 heteroatoms. The van der Waals surface area contributed by atoms with Gasteiger partial charge in [0, 0.05) is 29.4 Å². The Balaban J connectivity index is 1.82. The Hall–Kier alpha value is -2.64. The maximum absolute atomic E-state index is 11.9. The maximum atomic E-state index is 11.9. The highest BCUT2D eigenvalue weighted by molar-refractivity contribution is 8.26. The largest absolute Gasteiger partial charge is 0.496 e. The van der Waals surface area contributed by atoms with Crippen molar-refractivity contribution in [2.75, 3.05) is 7.11 Å². The number of nitrogens with zero attached hydrogens (tertiary/aromatic N) is 1. The summed E-state index contributed by atoms with van der Waals surface area (Å²) >= 11 is 6.25. The Bertz CT molecular complexity index is 1110. The van der Waals surface area contributed by atoms with Crippen LogP contribution in [0.25, 0.3) is 28.2 Å². The van der Waals surface area contributed by atoms with Gasteiger partial charge in [0.15, 0.2) is 0 Å². The van der Waals surface area contributed by atoms with Crippen LogP contribution in [0.5, 0.6) is 5.75 Å². The van der Waals surface area contributed by atoms with E-state index in [-0.39, 0.29) is 5.91 Å². The molecule has 5 nitrogen and oxygen atoms in total. The fourth-order valence-electron chi connectivity index (χ4n) is 3.24. The Morgan fingerprint density at radius 3 is 2.59 bits per heavy atom. The number of hydrogen-bond acceptors (Lipinski definition) is 6. The van der Waals surface area contributed by atoms with Gasteiger partial charge in [-0.15, -0.1) is 0 Å². The summed E-state index contributed by atoms with van der Waals surface area (Å²) in [5.74, 6) is 1.26. The molecule has 4 rings (SSSR count). The van der Waals surface area contributed by atoms with Gasteiger partial charge in [0.05, 0.1) is 12.0 Å². The highest BCUT2D eigenvalue weighted by Crippen LogP contribution is 2.35. The van der Waals surface area contributed by atoms with Crippen LogP contribution in [0, 0.1) is 13.8 Å². The number of hydrogen-bond donors (Lipinski definition) is 1. The number of fused-ring (bicyclic) bond motifs is 1. The molecule has 136 valence electrons. The fraction of sp³-hybridized carbons (Fsp3) is 0.150. The molecule has 0 bridgehead atoms. The Morgan fingerprint density at radius 2 is 1.96 bits per heavy atom. The number of aryl methyl sites for hydroxylation is 2. The number of benzene rings is 1. The van der Waals surface area contributed by atoms with E-state index in [1.165, 1.54) is 11.8 Å². The average molecular weight is 396 g/mol. The van der Waals surface area contributed by atoms with E-state index in [2.05, 4.69) is 22.4 Å². The van der Waals surface area contributed by atoms with Gasteiger partial charge in [-0.25, -0.2) is 0 Å². The number of nitrogens with one attached hydrogen (secondary N) is 1. The molecule has 2 aromatic heterocycles. The van der Waals surface area contributed by atoms with Crippen LogP contribution in [0.15, 0.2) is 39.9 Å². The van der Waals surface area contributed by atoms with Gasteiger partial charge in [0.25, 0.3) is 5.91 Å². The zero-order chi connectivity index (χ0) is 19.1. The lowest BCUT2D eigenvalue weighted by molar-refractivity contribution is -0.115. The normalized spacial score (nSPS) is 15.6. The van der Waals surface area contributed by atoms with Gasteiger partial charge in [-0.05, 0) is 48.7 Å². The van der Waals surface area contributed by atoms with Crippen LogP contribution in [0.4, 0.5) is 0 Å². The van der Waals surface area contributed by atoms with Crippen LogP contribution in [0.2, 0.25) is 0 Å². The highest BCUT2D eigenvalue weighted by atomic mass is 32.2. The van der Waals surface area contributed by atoms with E-state index in [1.807, 2.05) is 19.9 Å². The molecule has 1 aliphatic heterocycles. The molecule has 0 spiro atoms. The molecular formula is C20H16N2O3S2. The summed E-state index contributed by atoms with van der Waals surface area (Å²) in [6.07, 6.45) is 5.24. The van der Waals surface area contributed by atoms with E-state index >= 15 is 0 Å². The summed E-state index contributed by atoms with van der Waals surface area (Å²) in [5.41, 5.74) is 4.72. The smallest absolute Gasteiger partial charge is 0.263 e. The minimum atomic E-state index is -0.204. The zero-order valence-electron chi connectivity index (χ0n) is 15.0. The van der Waals surface area contributed by atoms with Crippen molar-refractivity contribution in [2.45, 2.75) is 13.8 Å². The first-order valence-electron chi connectivity index (χ1n) is 8.24. The topological polar surface area (TPSA) is 64.4 Å². The molecule has 1 fully saturated rings. The molecule has 3 aromatic rings. The number of thioether (sulfide) groups is 1. The number of carbonyl (C=O) groups excluding carboxylic acids is 1. The minimum Gasteiger partial charge on any atom is -0.496 e. The lowest BCUT2D eigenvalue weighted by atomic mass is 10.00. The fourth-order valence-corrected chi connectivity index (χ4v) is 4.26. The van der Waals surface area contributed by atoms with Crippen molar-refractivity contribution in [1.82, 2.24) is 10.3 Å². The van der Waals surface area contributed by atoms with Gasteiger partial charge >= 0.3 is 0 Å². The summed E-state index contributed by atoms with van der Waals surface area (Å²) in [4.78, 5) is 16.7. The van der Waals surface area contributed by atoms with Crippen LogP contribution in [-0.2, 0) is 4.79 Å². The van der Waals surface area contributed by atoms with Crippen molar-refractivity contribution in [3.63, 3.8) is 0 Å². The molecule has 0 radical (unpaired) electrons. The minimum absolute atomic E-state index is 0.204. The summed E-state index contributed by atoms with van der Waals surface area (Å²) in [5, 5.41) is 3.47. The van der Waals surface area contributed by atoms with Crippen LogP contribution in [-0.4, -0.2) is 22.3 Å². The van der Waals surface area contributed by atoms with Crippen molar-refractivity contribution in [1.29, 1.82) is 0 Å². The summed E-state index contributed by atoms with van der Waals surface area (Å²) in [7, 11) is 1.67. The number of thiocarbonyl (C=S) groups is 1. The van der Waals surface area contributed by atoms with E-state index < -0.39 is 0 Å². The van der Waals surface area contributed by atoms with Crippen LogP contribution >= 0.6 is 24.0 Å². The summed E-state index contributed by atoms with van der Waals surface area (Å²) in [6, 6.07) is 5.99. The lowest BCUT2D eigenvalue weighted by Gasteiger charge is -2.11. The maximum Gasteiger partial charge on any atom is 0.263 e. The SMILES string of the molecule is COc1c(C)cc(-c2cncc3cc(/C=C4\SC(=S)NC4=O)oc23)cc1C. The second-order valence-electron chi connectivity index (χ2n) is 6.25. The Labute approximate surface area is 165 Å². The molecule has 1 aliphatic rings. The monoisotopic (exact) mass is 396 g/mol.